The fourth-order valence-corrected chi connectivity index (χ4v) is 4.59. The fourth-order valence-electron chi connectivity index (χ4n) is 4.16. The predicted molar refractivity (Wildman–Crippen MR) is 119 cm³/mol. The molecule has 1 fully saturated rings. The summed E-state index contributed by atoms with van der Waals surface area (Å²) in [5.41, 5.74) is 1.77. The van der Waals surface area contributed by atoms with Crippen molar-refractivity contribution >= 4 is 22.8 Å². The molecule has 2 aromatic heterocycles. The molecule has 0 spiro atoms. The molecule has 0 radical (unpaired) electrons. The lowest BCUT2D eigenvalue weighted by Crippen LogP contribution is -2.28. The number of benzene rings is 1. The van der Waals surface area contributed by atoms with Crippen molar-refractivity contribution in [3.05, 3.63) is 66.1 Å². The van der Waals surface area contributed by atoms with Gasteiger partial charge in [0.2, 0.25) is 5.91 Å². The number of rotatable bonds is 9. The number of aromatic nitrogens is 4. The maximum Gasteiger partial charge on any atom is 0.250 e. The van der Waals surface area contributed by atoms with E-state index in [4.69, 9.17) is 4.55 Å². The van der Waals surface area contributed by atoms with Gasteiger partial charge in [-0.1, -0.05) is 56.0 Å². The normalized spacial score (nSPS) is 16.3. The van der Waals surface area contributed by atoms with Crippen LogP contribution in [0.5, 0.6) is 0 Å². The van der Waals surface area contributed by atoms with E-state index in [0.717, 1.165) is 18.4 Å². The molecule has 1 aromatic carbocycles. The van der Waals surface area contributed by atoms with Gasteiger partial charge < -0.3 is 9.87 Å². The van der Waals surface area contributed by atoms with Crippen molar-refractivity contribution in [1.82, 2.24) is 19.6 Å². The topological polar surface area (TPSA) is 102 Å². The predicted octanol–water partition coefficient (Wildman–Crippen LogP) is 3.61. The van der Waals surface area contributed by atoms with Gasteiger partial charge in [0.1, 0.15) is 6.04 Å². The first-order valence-electron chi connectivity index (χ1n) is 10.6. The van der Waals surface area contributed by atoms with Gasteiger partial charge in [-0.05, 0) is 17.9 Å². The van der Waals surface area contributed by atoms with Crippen LogP contribution in [0.15, 0.2) is 55.0 Å². The highest BCUT2D eigenvalue weighted by molar-refractivity contribution is 7.78. The zero-order valence-electron chi connectivity index (χ0n) is 17.3. The summed E-state index contributed by atoms with van der Waals surface area (Å²) < 4.78 is 23.7. The fraction of sp³-hybridized carbons (Fsp3) is 0.409. The van der Waals surface area contributed by atoms with E-state index < -0.39 is 17.1 Å². The van der Waals surface area contributed by atoms with Crippen LogP contribution in [0.25, 0.3) is 0 Å². The molecule has 2 N–H and O–H groups in total. The maximum atomic E-state index is 13.2. The third-order valence-corrected chi connectivity index (χ3v) is 6.26. The Bertz CT molecular complexity index is 1030. The largest absolute Gasteiger partial charge is 0.307 e. The van der Waals surface area contributed by atoms with E-state index in [1.165, 1.54) is 12.8 Å². The molecule has 1 aliphatic rings. The highest BCUT2D eigenvalue weighted by Crippen LogP contribution is 2.32. The third-order valence-electron chi connectivity index (χ3n) is 5.68. The van der Waals surface area contributed by atoms with E-state index in [1.807, 2.05) is 36.5 Å². The van der Waals surface area contributed by atoms with Gasteiger partial charge in [0.25, 0.3) is 0 Å². The number of nitrogens with zero attached hydrogens (tertiary/aromatic N) is 4. The molecule has 1 saturated carbocycles. The van der Waals surface area contributed by atoms with Gasteiger partial charge in [-0.25, -0.2) is 4.21 Å². The second-order valence-electron chi connectivity index (χ2n) is 8.07. The molecule has 2 atom stereocenters. The Balaban J connectivity index is 1.46. The molecular formula is C22H27N5O3S. The first kappa shape index (κ1) is 21.5. The summed E-state index contributed by atoms with van der Waals surface area (Å²) in [6, 6.07) is 11.3. The highest BCUT2D eigenvalue weighted by atomic mass is 32.2. The number of amides is 1. The summed E-state index contributed by atoms with van der Waals surface area (Å²) in [4.78, 5) is 13.2. The van der Waals surface area contributed by atoms with Gasteiger partial charge in [-0.2, -0.15) is 10.2 Å². The van der Waals surface area contributed by atoms with Crippen molar-refractivity contribution in [3.8, 4) is 0 Å². The molecule has 4 rings (SSSR count). The van der Waals surface area contributed by atoms with Crippen LogP contribution in [-0.4, -0.2) is 34.2 Å². The van der Waals surface area contributed by atoms with Crippen LogP contribution in [0.2, 0.25) is 0 Å². The number of hydrogen-bond donors (Lipinski definition) is 2. The van der Waals surface area contributed by atoms with Gasteiger partial charge in [-0.15, -0.1) is 0 Å². The standard InChI is InChI=1S/C22H27N5O3S/c28-22(24-21-10-11-26(25-21)14-18-8-2-1-3-9-18)20(12-17-6-4-5-7-17)27-15-19(13-23-27)16-31(29)30/h1-3,8-11,13,15,17,20H,4-7,12,14,16H2,(H,29,30)(H,24,25,28)/t20-/m0/s1. The van der Waals surface area contributed by atoms with Gasteiger partial charge in [0.05, 0.1) is 18.5 Å². The number of hydrogen-bond acceptors (Lipinski definition) is 4. The second kappa shape index (κ2) is 10.0. The molecule has 0 saturated heterocycles. The van der Waals surface area contributed by atoms with Gasteiger partial charge >= 0.3 is 0 Å². The number of anilines is 1. The van der Waals surface area contributed by atoms with Gasteiger partial charge in [0.15, 0.2) is 16.9 Å². The van der Waals surface area contributed by atoms with Crippen molar-refractivity contribution < 1.29 is 13.6 Å². The summed E-state index contributed by atoms with van der Waals surface area (Å²) in [6.07, 6.45) is 10.4. The smallest absolute Gasteiger partial charge is 0.250 e. The van der Waals surface area contributed by atoms with Crippen LogP contribution < -0.4 is 5.32 Å². The average molecular weight is 442 g/mol. The van der Waals surface area contributed by atoms with Gasteiger partial charge in [-0.3, -0.25) is 14.2 Å². The Morgan fingerprint density at radius 1 is 1.19 bits per heavy atom. The van der Waals surface area contributed by atoms with E-state index in [1.54, 1.807) is 27.8 Å². The molecule has 8 nitrogen and oxygen atoms in total. The van der Waals surface area contributed by atoms with Crippen molar-refractivity contribution in [2.45, 2.75) is 50.4 Å². The second-order valence-corrected chi connectivity index (χ2v) is 9.00. The summed E-state index contributed by atoms with van der Waals surface area (Å²) >= 11 is -1.94. The number of carbonyl (C=O) groups excluding carboxylic acids is 1. The Morgan fingerprint density at radius 3 is 2.71 bits per heavy atom. The molecule has 3 aromatic rings. The first-order valence-corrected chi connectivity index (χ1v) is 11.8. The summed E-state index contributed by atoms with van der Waals surface area (Å²) in [5.74, 6) is 0.811. The van der Waals surface area contributed by atoms with E-state index >= 15 is 0 Å². The summed E-state index contributed by atoms with van der Waals surface area (Å²) in [7, 11) is 0. The third kappa shape index (κ3) is 5.89. The van der Waals surface area contributed by atoms with E-state index in [0.29, 0.717) is 30.3 Å². The zero-order valence-corrected chi connectivity index (χ0v) is 18.1. The van der Waals surface area contributed by atoms with Crippen LogP contribution in [0.3, 0.4) is 0 Å². The molecule has 164 valence electrons. The van der Waals surface area contributed by atoms with Crippen molar-refractivity contribution in [1.29, 1.82) is 0 Å². The molecule has 31 heavy (non-hydrogen) atoms. The van der Waals surface area contributed by atoms with Crippen LogP contribution in [0.4, 0.5) is 5.82 Å². The Morgan fingerprint density at radius 2 is 1.97 bits per heavy atom. The summed E-state index contributed by atoms with van der Waals surface area (Å²) in [5, 5.41) is 11.7. The van der Waals surface area contributed by atoms with E-state index in [9.17, 15) is 9.00 Å². The maximum absolute atomic E-state index is 13.2. The molecule has 1 unspecified atom stereocenters. The number of carbonyl (C=O) groups is 1. The lowest BCUT2D eigenvalue weighted by Gasteiger charge is -2.20. The minimum atomic E-state index is -1.94. The average Bonchev–Trinajstić information content (AvgIpc) is 3.49. The van der Waals surface area contributed by atoms with Crippen LogP contribution in [0, 0.1) is 5.92 Å². The molecule has 1 amide bonds. The first-order chi connectivity index (χ1) is 15.1. The monoisotopic (exact) mass is 441 g/mol. The Labute approximate surface area is 183 Å². The van der Waals surface area contributed by atoms with Crippen LogP contribution in [-0.2, 0) is 28.2 Å². The molecular weight excluding hydrogens is 414 g/mol. The Kier molecular flexibility index (Phi) is 6.93. The highest BCUT2D eigenvalue weighted by Gasteiger charge is 2.28. The minimum Gasteiger partial charge on any atom is -0.307 e. The van der Waals surface area contributed by atoms with Crippen molar-refractivity contribution in [2.24, 2.45) is 5.92 Å². The molecule has 0 bridgehead atoms. The van der Waals surface area contributed by atoms with E-state index in [2.05, 4.69) is 15.5 Å². The molecule has 9 heteroatoms. The lowest BCUT2D eigenvalue weighted by molar-refractivity contribution is -0.120. The SMILES string of the molecule is O=C(Nc1ccn(Cc2ccccc2)n1)[C@H](CC1CCCC1)n1cc(CS(=O)O)cn1. The van der Waals surface area contributed by atoms with Crippen molar-refractivity contribution in [2.75, 3.05) is 5.32 Å². The molecule has 1 aliphatic carbocycles. The minimum absolute atomic E-state index is 0.00165. The van der Waals surface area contributed by atoms with Crippen molar-refractivity contribution in [3.63, 3.8) is 0 Å². The summed E-state index contributed by atoms with van der Waals surface area (Å²) in [6.45, 7) is 0.628. The Hall–Kier alpha value is -2.78. The van der Waals surface area contributed by atoms with Crippen LogP contribution >= 0.6 is 0 Å². The quantitative estimate of drug-likeness (QED) is 0.494. The zero-order chi connectivity index (χ0) is 21.6. The van der Waals surface area contributed by atoms with Gasteiger partial charge in [0, 0.05) is 24.0 Å². The molecule has 2 heterocycles. The van der Waals surface area contributed by atoms with E-state index in [-0.39, 0.29) is 11.7 Å². The lowest BCUT2D eigenvalue weighted by atomic mass is 9.98. The number of nitrogens with one attached hydrogen (secondary N) is 1. The van der Waals surface area contributed by atoms with Crippen LogP contribution in [0.1, 0.15) is 49.3 Å². The molecule has 0 aliphatic heterocycles.